The van der Waals surface area contributed by atoms with E-state index in [1.165, 1.54) is 32.1 Å². The zero-order valence-electron chi connectivity index (χ0n) is 19.9. The Morgan fingerprint density at radius 3 is 2.52 bits per heavy atom. The van der Waals surface area contributed by atoms with E-state index < -0.39 is 16.8 Å². The van der Waals surface area contributed by atoms with Crippen LogP contribution in [0.25, 0.3) is 0 Å². The summed E-state index contributed by atoms with van der Waals surface area (Å²) >= 11 is 0. The quantitative estimate of drug-likeness (QED) is 0.469. The van der Waals surface area contributed by atoms with Crippen molar-refractivity contribution >= 4 is 12.3 Å². The summed E-state index contributed by atoms with van der Waals surface area (Å²) in [5, 5.41) is 11.1. The second kappa shape index (κ2) is 7.17. The Labute approximate surface area is 187 Å². The molecular weight excluding hydrogens is 386 g/mol. The van der Waals surface area contributed by atoms with E-state index in [-0.39, 0.29) is 23.2 Å². The molecule has 0 radical (unpaired) electrons. The van der Waals surface area contributed by atoms with Crippen LogP contribution in [0, 0.1) is 45.8 Å². The smallest absolute Gasteiger partial charge is 0.315 e. The predicted molar refractivity (Wildman–Crippen MR) is 122 cm³/mol. The van der Waals surface area contributed by atoms with Crippen molar-refractivity contribution in [1.29, 1.82) is 0 Å². The van der Waals surface area contributed by atoms with Crippen LogP contribution in [0.3, 0.4) is 0 Å². The molecule has 5 aliphatic rings. The number of hydrogen-bond donors (Lipinski definition) is 1. The van der Waals surface area contributed by atoms with E-state index in [9.17, 15) is 14.7 Å². The third-order valence-corrected chi connectivity index (χ3v) is 10.9. The van der Waals surface area contributed by atoms with Crippen molar-refractivity contribution in [3.63, 3.8) is 0 Å². The highest BCUT2D eigenvalue weighted by molar-refractivity contribution is 5.90. The Balaban J connectivity index is 1.66. The van der Waals surface area contributed by atoms with Crippen molar-refractivity contribution in [3.05, 3.63) is 11.6 Å². The van der Waals surface area contributed by atoms with Gasteiger partial charge in [0.15, 0.2) is 0 Å². The number of aliphatic carboxylic acids is 1. The molecule has 7 atom stereocenters. The van der Waals surface area contributed by atoms with E-state index in [1.54, 1.807) is 0 Å². The Kier molecular flexibility index (Phi) is 5.01. The van der Waals surface area contributed by atoms with Crippen LogP contribution in [0.15, 0.2) is 11.6 Å². The van der Waals surface area contributed by atoms with Crippen LogP contribution in [0.2, 0.25) is 0 Å². The number of hydrogen-bond acceptors (Lipinski definition) is 3. The number of carboxylic acids is 1. The van der Waals surface area contributed by atoms with Gasteiger partial charge in [-0.15, -0.1) is 0 Å². The lowest BCUT2D eigenvalue weighted by Gasteiger charge is -2.59. The zero-order valence-corrected chi connectivity index (χ0v) is 19.9. The van der Waals surface area contributed by atoms with Gasteiger partial charge >= 0.3 is 5.97 Å². The van der Waals surface area contributed by atoms with Crippen LogP contribution in [0.5, 0.6) is 0 Å². The van der Waals surface area contributed by atoms with Crippen LogP contribution in [-0.4, -0.2) is 41.9 Å². The maximum Gasteiger partial charge on any atom is 0.315 e. The maximum absolute atomic E-state index is 13.5. The van der Waals surface area contributed by atoms with Crippen molar-refractivity contribution in [3.8, 4) is 0 Å². The van der Waals surface area contributed by atoms with E-state index >= 15 is 0 Å². The summed E-state index contributed by atoms with van der Waals surface area (Å²) in [6.45, 7) is 7.45. The molecule has 0 aromatic heterocycles. The summed E-state index contributed by atoms with van der Waals surface area (Å²) in [7, 11) is 2.24. The van der Waals surface area contributed by atoms with Gasteiger partial charge in [-0.2, -0.15) is 0 Å². The Bertz CT molecular complexity index is 798. The summed E-state index contributed by atoms with van der Waals surface area (Å²) in [6.07, 6.45) is 13.7. The molecule has 0 aromatic carbocycles. The van der Waals surface area contributed by atoms with E-state index in [0.717, 1.165) is 44.1 Å². The highest BCUT2D eigenvalue weighted by Crippen LogP contribution is 2.82. The number of fused-ring (bicyclic) bond motifs is 2. The summed E-state index contributed by atoms with van der Waals surface area (Å²) in [5.74, 6) is 0.980. The molecule has 172 valence electrons. The van der Waals surface area contributed by atoms with E-state index in [0.29, 0.717) is 17.9 Å². The first-order chi connectivity index (χ1) is 14.7. The summed E-state index contributed by atoms with van der Waals surface area (Å²) in [4.78, 5) is 29.1. The second-order valence-corrected chi connectivity index (χ2v) is 12.2. The second-order valence-electron chi connectivity index (χ2n) is 12.2. The molecule has 4 bridgehead atoms. The van der Waals surface area contributed by atoms with Gasteiger partial charge in [-0.1, -0.05) is 58.1 Å². The van der Waals surface area contributed by atoms with Gasteiger partial charge in [-0.05, 0) is 68.7 Å². The van der Waals surface area contributed by atoms with Crippen molar-refractivity contribution in [2.75, 3.05) is 13.6 Å². The first-order valence-electron chi connectivity index (χ1n) is 12.9. The number of carbonyl (C=O) groups excluding carboxylic acids is 1. The molecule has 31 heavy (non-hydrogen) atoms. The number of aldehydes is 1. The average Bonchev–Trinajstić information content (AvgIpc) is 3.31. The SMILES string of the molecule is CC(C)C1=C[C@H]2C[C@]3(C=O)[C@@H]4CC[C@@H](C)[C@H]4C[C@@]2(CN(C)C2CCCCC2)[C@]13C(=O)O. The van der Waals surface area contributed by atoms with Crippen molar-refractivity contribution in [2.45, 2.75) is 84.6 Å². The molecule has 5 aliphatic carbocycles. The van der Waals surface area contributed by atoms with E-state index in [4.69, 9.17) is 0 Å². The molecule has 0 aliphatic heterocycles. The van der Waals surface area contributed by atoms with Crippen LogP contribution in [-0.2, 0) is 9.59 Å². The Morgan fingerprint density at radius 2 is 1.90 bits per heavy atom. The van der Waals surface area contributed by atoms with Crippen molar-refractivity contribution in [1.82, 2.24) is 4.90 Å². The van der Waals surface area contributed by atoms with Crippen molar-refractivity contribution < 1.29 is 14.7 Å². The first-order valence-corrected chi connectivity index (χ1v) is 12.9. The monoisotopic (exact) mass is 427 g/mol. The third kappa shape index (κ3) is 2.46. The Morgan fingerprint density at radius 1 is 1.19 bits per heavy atom. The minimum absolute atomic E-state index is 0.162. The van der Waals surface area contributed by atoms with Crippen LogP contribution in [0.4, 0.5) is 0 Å². The predicted octanol–water partition coefficient (Wildman–Crippen LogP) is 5.18. The highest BCUT2D eigenvalue weighted by Gasteiger charge is 2.84. The minimum atomic E-state index is -1.02. The molecule has 4 nitrogen and oxygen atoms in total. The molecule has 0 spiro atoms. The van der Waals surface area contributed by atoms with Gasteiger partial charge in [0.1, 0.15) is 11.7 Å². The fourth-order valence-corrected chi connectivity index (χ4v) is 9.76. The fraction of sp³-hybridized carbons (Fsp3) is 0.852. The molecular formula is C27H41NO3. The fourth-order valence-electron chi connectivity index (χ4n) is 9.76. The number of allylic oxidation sites excluding steroid dienone is 1. The van der Waals surface area contributed by atoms with Gasteiger partial charge in [-0.3, -0.25) is 4.79 Å². The lowest BCUT2D eigenvalue weighted by Crippen LogP contribution is -2.65. The van der Waals surface area contributed by atoms with Gasteiger partial charge < -0.3 is 14.8 Å². The van der Waals surface area contributed by atoms with Gasteiger partial charge in [0.05, 0.1) is 5.41 Å². The van der Waals surface area contributed by atoms with Gasteiger partial charge in [0, 0.05) is 18.0 Å². The lowest BCUT2D eigenvalue weighted by atomic mass is 9.42. The normalized spacial score (nSPS) is 46.5. The third-order valence-electron chi connectivity index (χ3n) is 10.9. The van der Waals surface area contributed by atoms with E-state index in [2.05, 4.69) is 38.8 Å². The molecule has 0 saturated heterocycles. The summed E-state index contributed by atoms with van der Waals surface area (Å²) in [6, 6.07) is 0.556. The number of carbonyl (C=O) groups is 2. The van der Waals surface area contributed by atoms with Crippen LogP contribution < -0.4 is 0 Å². The minimum Gasteiger partial charge on any atom is -0.481 e. The molecule has 1 N–H and O–H groups in total. The molecule has 4 saturated carbocycles. The highest BCUT2D eigenvalue weighted by atomic mass is 16.4. The first kappa shape index (κ1) is 21.7. The van der Waals surface area contributed by atoms with Gasteiger partial charge in [-0.25, -0.2) is 0 Å². The topological polar surface area (TPSA) is 57.6 Å². The van der Waals surface area contributed by atoms with Gasteiger partial charge in [0.2, 0.25) is 0 Å². The van der Waals surface area contributed by atoms with Crippen LogP contribution in [0.1, 0.15) is 78.6 Å². The molecule has 0 amide bonds. The molecule has 0 aromatic rings. The summed E-state index contributed by atoms with van der Waals surface area (Å²) < 4.78 is 0. The average molecular weight is 428 g/mol. The maximum atomic E-state index is 13.5. The van der Waals surface area contributed by atoms with Gasteiger partial charge in [0.25, 0.3) is 0 Å². The zero-order chi connectivity index (χ0) is 22.2. The molecule has 0 heterocycles. The number of carboxylic acid groups (broad SMARTS) is 1. The Hall–Kier alpha value is -1.16. The molecule has 5 rings (SSSR count). The van der Waals surface area contributed by atoms with E-state index in [1.807, 2.05) is 0 Å². The lowest BCUT2D eigenvalue weighted by molar-refractivity contribution is -0.182. The van der Waals surface area contributed by atoms with Crippen molar-refractivity contribution in [2.24, 2.45) is 45.8 Å². The summed E-state index contributed by atoms with van der Waals surface area (Å²) in [5.41, 5.74) is -1.02. The van der Waals surface area contributed by atoms with Crippen LogP contribution >= 0.6 is 0 Å². The number of nitrogens with zero attached hydrogens (tertiary/aromatic N) is 1. The molecule has 0 unspecified atom stereocenters. The molecule has 4 fully saturated rings. The largest absolute Gasteiger partial charge is 0.481 e. The molecule has 4 heteroatoms. The standard InChI is InChI=1S/C27H41NO3/c1-17(2)23-12-19-13-26(16-29)22-11-10-18(3)21(22)14-25(19,27(23,26)24(30)31)15-28(4)20-8-6-5-7-9-20/h12,16-22H,5-11,13-15H2,1-4H3,(H,30,31)/t18-,19+,21-,22-,25+,26+,27-/m1/s1. The number of rotatable bonds is 6.